The summed E-state index contributed by atoms with van der Waals surface area (Å²) in [6, 6.07) is 10.6. The number of guanidine groups is 1. The molecule has 1 saturated heterocycles. The molecule has 0 saturated carbocycles. The monoisotopic (exact) mass is 382 g/mol. The van der Waals surface area contributed by atoms with Crippen LogP contribution in [0.4, 0.5) is 4.39 Å². The van der Waals surface area contributed by atoms with Crippen LogP contribution in [-0.4, -0.2) is 75.4 Å². The van der Waals surface area contributed by atoms with Crippen molar-refractivity contribution in [3.63, 3.8) is 0 Å². The summed E-state index contributed by atoms with van der Waals surface area (Å²) in [5, 5.41) is 4.04. The number of carbonyl (C=O) groups is 2. The lowest BCUT2D eigenvalue weighted by Gasteiger charge is -2.36. The number of rotatable bonds is 3. The molecule has 0 radical (unpaired) electrons. The predicted octanol–water partition coefficient (Wildman–Crippen LogP) is 0.751. The van der Waals surface area contributed by atoms with Gasteiger partial charge in [-0.3, -0.25) is 14.3 Å². The van der Waals surface area contributed by atoms with Gasteiger partial charge in [-0.2, -0.15) is 10.1 Å². The number of hydrogen-bond acceptors (Lipinski definition) is 5. The second-order valence-corrected chi connectivity index (χ2v) is 6.55. The van der Waals surface area contributed by atoms with E-state index in [1.54, 1.807) is 52.3 Å². The van der Waals surface area contributed by atoms with E-state index in [4.69, 9.17) is 0 Å². The van der Waals surface area contributed by atoms with E-state index >= 15 is 0 Å². The molecule has 2 amide bonds. The van der Waals surface area contributed by atoms with E-state index in [1.807, 2.05) is 11.0 Å². The highest BCUT2D eigenvalue weighted by Gasteiger charge is 2.32. The lowest BCUT2D eigenvalue weighted by molar-refractivity contribution is -0.133. The van der Waals surface area contributed by atoms with Gasteiger partial charge in [-0.25, -0.2) is 9.38 Å². The summed E-state index contributed by atoms with van der Waals surface area (Å²) in [4.78, 5) is 36.1. The quantitative estimate of drug-likeness (QED) is 0.784. The molecule has 0 spiro atoms. The molecule has 144 valence electrons. The zero-order chi connectivity index (χ0) is 19.5. The average molecular weight is 382 g/mol. The summed E-state index contributed by atoms with van der Waals surface area (Å²) in [5.41, 5.74) is 0.636. The third-order valence-electron chi connectivity index (χ3n) is 4.73. The van der Waals surface area contributed by atoms with Gasteiger partial charge in [-0.05, 0) is 11.6 Å². The number of hydrogen-bond donors (Lipinski definition) is 0. The van der Waals surface area contributed by atoms with Gasteiger partial charge in [0.05, 0.1) is 5.71 Å². The molecule has 1 aromatic heterocycles. The highest BCUT2D eigenvalue weighted by atomic mass is 19.1. The Morgan fingerprint density at radius 1 is 1.07 bits per heavy atom. The number of halogens is 1. The van der Waals surface area contributed by atoms with Crippen molar-refractivity contribution in [2.24, 2.45) is 9.98 Å². The summed E-state index contributed by atoms with van der Waals surface area (Å²) in [5.74, 6) is -0.666. The largest absolute Gasteiger partial charge is 0.338 e. The summed E-state index contributed by atoms with van der Waals surface area (Å²) in [7, 11) is 0. The Bertz CT molecular complexity index is 917. The van der Waals surface area contributed by atoms with Crippen LogP contribution >= 0.6 is 0 Å². The van der Waals surface area contributed by atoms with Crippen molar-refractivity contribution in [3.8, 4) is 0 Å². The smallest absolute Gasteiger partial charge is 0.289 e. The topological polar surface area (TPSA) is 83.2 Å². The molecular weight excluding hydrogens is 363 g/mol. The van der Waals surface area contributed by atoms with Crippen molar-refractivity contribution < 1.29 is 14.0 Å². The standard InChI is InChI=1S/C19H19FN6O2/c20-16-17(14-5-2-1-3-6-14)22-19(23-18(16)28)25-11-9-24(10-12-25)15(27)13-26-8-4-7-21-26/h1-8,16H,9-13H2. The number of benzene rings is 1. The molecular formula is C19H19FN6O2. The molecule has 2 aromatic rings. The van der Waals surface area contributed by atoms with Gasteiger partial charge in [0, 0.05) is 38.6 Å². The first-order valence-electron chi connectivity index (χ1n) is 9.02. The van der Waals surface area contributed by atoms with Crippen LogP contribution in [0.15, 0.2) is 58.8 Å². The van der Waals surface area contributed by atoms with Gasteiger partial charge in [0.15, 0.2) is 0 Å². The van der Waals surface area contributed by atoms with E-state index in [0.29, 0.717) is 31.7 Å². The number of nitrogens with zero attached hydrogens (tertiary/aromatic N) is 6. The van der Waals surface area contributed by atoms with Crippen molar-refractivity contribution in [1.29, 1.82) is 0 Å². The molecule has 2 aliphatic rings. The second kappa shape index (κ2) is 7.71. The fourth-order valence-corrected chi connectivity index (χ4v) is 3.21. The maximum Gasteiger partial charge on any atom is 0.289 e. The number of amides is 2. The summed E-state index contributed by atoms with van der Waals surface area (Å²) < 4.78 is 15.9. The minimum Gasteiger partial charge on any atom is -0.338 e. The van der Waals surface area contributed by atoms with Crippen LogP contribution in [0.3, 0.4) is 0 Å². The van der Waals surface area contributed by atoms with Crippen LogP contribution in [0.5, 0.6) is 0 Å². The third-order valence-corrected chi connectivity index (χ3v) is 4.73. The first-order valence-corrected chi connectivity index (χ1v) is 9.02. The van der Waals surface area contributed by atoms with E-state index in [0.717, 1.165) is 0 Å². The summed E-state index contributed by atoms with van der Waals surface area (Å²) in [6.45, 7) is 2.08. The number of aromatic nitrogens is 2. The van der Waals surface area contributed by atoms with Crippen molar-refractivity contribution in [2.75, 3.05) is 26.2 Å². The second-order valence-electron chi connectivity index (χ2n) is 6.55. The van der Waals surface area contributed by atoms with Gasteiger partial charge in [-0.15, -0.1) is 0 Å². The molecule has 28 heavy (non-hydrogen) atoms. The summed E-state index contributed by atoms with van der Waals surface area (Å²) >= 11 is 0. The molecule has 0 N–H and O–H groups in total. The summed E-state index contributed by atoms with van der Waals surface area (Å²) in [6.07, 6.45) is 1.51. The molecule has 1 atom stereocenters. The van der Waals surface area contributed by atoms with Crippen LogP contribution in [0.1, 0.15) is 5.56 Å². The lowest BCUT2D eigenvalue weighted by Crippen LogP contribution is -2.52. The predicted molar refractivity (Wildman–Crippen MR) is 101 cm³/mol. The van der Waals surface area contributed by atoms with Crippen LogP contribution in [-0.2, 0) is 16.1 Å². The zero-order valence-corrected chi connectivity index (χ0v) is 15.1. The highest BCUT2D eigenvalue weighted by molar-refractivity contribution is 6.23. The number of piperazine rings is 1. The Kier molecular flexibility index (Phi) is 4.96. The molecule has 1 fully saturated rings. The minimum absolute atomic E-state index is 0.0256. The molecule has 3 heterocycles. The van der Waals surface area contributed by atoms with Gasteiger partial charge >= 0.3 is 0 Å². The molecule has 0 aliphatic carbocycles. The first kappa shape index (κ1) is 18.0. The van der Waals surface area contributed by atoms with Crippen molar-refractivity contribution in [2.45, 2.75) is 12.7 Å². The molecule has 1 aromatic carbocycles. The van der Waals surface area contributed by atoms with Crippen LogP contribution in [0.25, 0.3) is 0 Å². The zero-order valence-electron chi connectivity index (χ0n) is 15.1. The van der Waals surface area contributed by atoms with E-state index < -0.39 is 12.1 Å². The lowest BCUT2D eigenvalue weighted by atomic mass is 10.0. The highest BCUT2D eigenvalue weighted by Crippen LogP contribution is 2.16. The van der Waals surface area contributed by atoms with Gasteiger partial charge in [0.2, 0.25) is 18.0 Å². The van der Waals surface area contributed by atoms with E-state index in [1.165, 1.54) is 0 Å². The molecule has 9 heteroatoms. The fourth-order valence-electron chi connectivity index (χ4n) is 3.21. The van der Waals surface area contributed by atoms with Crippen molar-refractivity contribution in [1.82, 2.24) is 19.6 Å². The van der Waals surface area contributed by atoms with Crippen LogP contribution in [0, 0.1) is 0 Å². The third kappa shape index (κ3) is 3.68. The number of aliphatic imine (C=N–C) groups is 2. The number of alkyl halides is 1. The van der Waals surface area contributed by atoms with Crippen LogP contribution in [0.2, 0.25) is 0 Å². The van der Waals surface area contributed by atoms with E-state index in [2.05, 4.69) is 15.1 Å². The number of carbonyl (C=O) groups excluding carboxylic acids is 2. The Morgan fingerprint density at radius 3 is 2.50 bits per heavy atom. The average Bonchev–Trinajstić information content (AvgIpc) is 3.24. The van der Waals surface area contributed by atoms with Gasteiger partial charge in [-0.1, -0.05) is 30.3 Å². The normalized spacial score (nSPS) is 20.0. The maximum absolute atomic E-state index is 14.3. The fraction of sp³-hybridized carbons (Fsp3) is 0.316. The van der Waals surface area contributed by atoms with Crippen molar-refractivity contribution in [3.05, 3.63) is 54.4 Å². The molecule has 4 rings (SSSR count). The molecule has 8 nitrogen and oxygen atoms in total. The maximum atomic E-state index is 14.3. The Hall–Kier alpha value is -3.36. The first-order chi connectivity index (χ1) is 13.6. The van der Waals surface area contributed by atoms with E-state index in [-0.39, 0.29) is 24.1 Å². The molecule has 0 bridgehead atoms. The van der Waals surface area contributed by atoms with Gasteiger partial charge in [0.25, 0.3) is 5.91 Å². The Balaban J connectivity index is 1.44. The van der Waals surface area contributed by atoms with Crippen LogP contribution < -0.4 is 0 Å². The van der Waals surface area contributed by atoms with E-state index in [9.17, 15) is 14.0 Å². The SMILES string of the molecule is O=C1N=C(N2CCN(C(=O)Cn3cccn3)CC2)N=C(c2ccccc2)C1F. The van der Waals surface area contributed by atoms with Gasteiger partial charge in [0.1, 0.15) is 6.54 Å². The minimum atomic E-state index is -1.86. The van der Waals surface area contributed by atoms with Crippen molar-refractivity contribution >= 4 is 23.5 Å². The molecule has 1 unspecified atom stereocenters. The Morgan fingerprint density at radius 2 is 1.82 bits per heavy atom. The molecule has 2 aliphatic heterocycles. The Labute approximate surface area is 161 Å². The van der Waals surface area contributed by atoms with Gasteiger partial charge < -0.3 is 9.80 Å².